The van der Waals surface area contributed by atoms with Gasteiger partial charge < -0.3 is 0 Å². The molecule has 1 nitrogen and oxygen atoms in total. The Labute approximate surface area is 280 Å². The van der Waals surface area contributed by atoms with E-state index < -0.39 is 0 Å². The van der Waals surface area contributed by atoms with Crippen molar-refractivity contribution in [1.82, 2.24) is 0 Å². The second-order valence-corrected chi connectivity index (χ2v) is 12.4. The van der Waals surface area contributed by atoms with Gasteiger partial charge in [0.25, 0.3) is 0 Å². The third-order valence-electron chi connectivity index (χ3n) is 9.68. The minimum absolute atomic E-state index is 0.675. The van der Waals surface area contributed by atoms with Crippen molar-refractivity contribution in [3.63, 3.8) is 0 Å². The average Bonchev–Trinajstić information content (AvgIpc) is 3.49. The van der Waals surface area contributed by atoms with Crippen molar-refractivity contribution in [3.05, 3.63) is 181 Å². The van der Waals surface area contributed by atoms with Crippen LogP contribution in [0.2, 0.25) is 0 Å². The van der Waals surface area contributed by atoms with Crippen LogP contribution in [0.5, 0.6) is 0 Å². The first-order valence-corrected chi connectivity index (χ1v) is 16.3. The molecule has 48 heavy (non-hydrogen) atoms. The zero-order chi connectivity index (χ0) is 32.0. The largest absolute Gasteiger partial charge is 0.192 e. The SMILES string of the molecule is N#Cc1ccc(-c2ccc3c(c2)-c2cccc4c(-c5cccc(-c6ccc(-c7ccccc7)cc6-c6ccccc6)c5)ccc-3c24)cc1. The highest BCUT2D eigenvalue weighted by Gasteiger charge is 2.23. The molecule has 0 atom stereocenters. The smallest absolute Gasteiger partial charge is 0.0991 e. The second kappa shape index (κ2) is 11.4. The van der Waals surface area contributed by atoms with Crippen LogP contribution in [0.1, 0.15) is 5.56 Å². The van der Waals surface area contributed by atoms with Crippen LogP contribution >= 0.6 is 0 Å². The molecule has 1 aliphatic carbocycles. The molecule has 8 aromatic rings. The van der Waals surface area contributed by atoms with Crippen LogP contribution in [0.4, 0.5) is 0 Å². The highest BCUT2D eigenvalue weighted by atomic mass is 14.3. The first-order valence-electron chi connectivity index (χ1n) is 16.3. The first kappa shape index (κ1) is 27.8. The van der Waals surface area contributed by atoms with Gasteiger partial charge in [0.2, 0.25) is 0 Å². The Kier molecular flexibility index (Phi) is 6.59. The normalized spacial score (nSPS) is 11.3. The van der Waals surface area contributed by atoms with E-state index in [0.29, 0.717) is 5.56 Å². The van der Waals surface area contributed by atoms with E-state index in [9.17, 15) is 5.26 Å². The summed E-state index contributed by atoms with van der Waals surface area (Å²) in [5.41, 5.74) is 17.7. The summed E-state index contributed by atoms with van der Waals surface area (Å²) < 4.78 is 0. The van der Waals surface area contributed by atoms with Crippen molar-refractivity contribution in [1.29, 1.82) is 5.26 Å². The van der Waals surface area contributed by atoms with Gasteiger partial charge in [0, 0.05) is 0 Å². The van der Waals surface area contributed by atoms with E-state index in [4.69, 9.17) is 0 Å². The van der Waals surface area contributed by atoms with E-state index in [2.05, 4.69) is 158 Å². The summed E-state index contributed by atoms with van der Waals surface area (Å²) in [6.45, 7) is 0. The van der Waals surface area contributed by atoms with Crippen molar-refractivity contribution < 1.29 is 0 Å². The Morgan fingerprint density at radius 1 is 0.292 bits per heavy atom. The van der Waals surface area contributed by atoms with Crippen LogP contribution in [0.25, 0.3) is 88.7 Å². The number of benzene rings is 8. The maximum Gasteiger partial charge on any atom is 0.0991 e. The number of nitriles is 1. The van der Waals surface area contributed by atoms with Crippen molar-refractivity contribution in [2.24, 2.45) is 0 Å². The van der Waals surface area contributed by atoms with Crippen molar-refractivity contribution in [2.45, 2.75) is 0 Å². The fourth-order valence-corrected chi connectivity index (χ4v) is 7.34. The minimum atomic E-state index is 0.675. The molecule has 0 amide bonds. The van der Waals surface area contributed by atoms with E-state index in [1.165, 1.54) is 77.5 Å². The minimum Gasteiger partial charge on any atom is -0.192 e. The van der Waals surface area contributed by atoms with E-state index in [0.717, 1.165) is 11.1 Å². The van der Waals surface area contributed by atoms with Gasteiger partial charge >= 0.3 is 0 Å². The molecule has 1 heteroatoms. The van der Waals surface area contributed by atoms with Crippen LogP contribution in [0, 0.1) is 11.3 Å². The maximum atomic E-state index is 9.25. The summed E-state index contributed by atoms with van der Waals surface area (Å²) in [6, 6.07) is 65.3. The van der Waals surface area contributed by atoms with Crippen molar-refractivity contribution in [3.8, 4) is 84.0 Å². The van der Waals surface area contributed by atoms with Crippen LogP contribution < -0.4 is 0 Å². The van der Waals surface area contributed by atoms with E-state index in [1.807, 2.05) is 24.3 Å². The molecule has 0 N–H and O–H groups in total. The lowest BCUT2D eigenvalue weighted by Gasteiger charge is -2.15. The summed E-state index contributed by atoms with van der Waals surface area (Å²) in [5, 5.41) is 11.8. The second-order valence-electron chi connectivity index (χ2n) is 12.4. The van der Waals surface area contributed by atoms with Gasteiger partial charge in [-0.2, -0.15) is 5.26 Å². The van der Waals surface area contributed by atoms with Gasteiger partial charge in [0.1, 0.15) is 0 Å². The zero-order valence-corrected chi connectivity index (χ0v) is 26.2. The topological polar surface area (TPSA) is 23.8 Å². The molecule has 0 aromatic heterocycles. The third kappa shape index (κ3) is 4.63. The summed E-state index contributed by atoms with van der Waals surface area (Å²) >= 11 is 0. The highest BCUT2D eigenvalue weighted by molar-refractivity contribution is 6.19. The predicted molar refractivity (Wildman–Crippen MR) is 200 cm³/mol. The quantitative estimate of drug-likeness (QED) is 0.191. The van der Waals surface area contributed by atoms with Crippen molar-refractivity contribution in [2.75, 3.05) is 0 Å². The van der Waals surface area contributed by atoms with Gasteiger partial charge in [-0.1, -0.05) is 146 Å². The van der Waals surface area contributed by atoms with Crippen LogP contribution in [-0.4, -0.2) is 0 Å². The van der Waals surface area contributed by atoms with Gasteiger partial charge in [0.15, 0.2) is 0 Å². The van der Waals surface area contributed by atoms with Gasteiger partial charge in [-0.15, -0.1) is 0 Å². The predicted octanol–water partition coefficient (Wildman–Crippen LogP) is 12.7. The fraction of sp³-hybridized carbons (Fsp3) is 0. The van der Waals surface area contributed by atoms with Crippen molar-refractivity contribution >= 4 is 10.8 Å². The molecule has 0 heterocycles. The molecule has 9 rings (SSSR count). The Hall–Kier alpha value is -6.49. The Balaban J connectivity index is 1.15. The average molecular weight is 608 g/mol. The molecule has 0 spiro atoms. The molecule has 0 saturated carbocycles. The molecule has 0 bridgehead atoms. The lowest BCUT2D eigenvalue weighted by atomic mass is 9.89. The summed E-state index contributed by atoms with van der Waals surface area (Å²) in [5.74, 6) is 0. The molecule has 8 aromatic carbocycles. The van der Waals surface area contributed by atoms with Crippen LogP contribution in [-0.2, 0) is 0 Å². The molecule has 0 fully saturated rings. The molecular formula is C47H29N. The molecule has 222 valence electrons. The summed E-state index contributed by atoms with van der Waals surface area (Å²) in [6.07, 6.45) is 0. The lowest BCUT2D eigenvalue weighted by Crippen LogP contribution is -1.89. The number of hydrogen-bond acceptors (Lipinski definition) is 1. The number of fused-ring (bicyclic) bond motifs is 3. The molecular weight excluding hydrogens is 579 g/mol. The summed E-state index contributed by atoms with van der Waals surface area (Å²) in [7, 11) is 0. The zero-order valence-electron chi connectivity index (χ0n) is 26.2. The van der Waals surface area contributed by atoms with Gasteiger partial charge in [-0.05, 0) is 119 Å². The number of nitrogens with zero attached hydrogens (tertiary/aromatic N) is 1. The molecule has 0 unspecified atom stereocenters. The van der Waals surface area contributed by atoms with Gasteiger partial charge in [0.05, 0.1) is 11.6 Å². The van der Waals surface area contributed by atoms with E-state index in [-0.39, 0.29) is 0 Å². The molecule has 0 aliphatic heterocycles. The maximum absolute atomic E-state index is 9.25. The van der Waals surface area contributed by atoms with Gasteiger partial charge in [-0.25, -0.2) is 0 Å². The van der Waals surface area contributed by atoms with Crippen LogP contribution in [0.15, 0.2) is 176 Å². The Bertz CT molecular complexity index is 2540. The van der Waals surface area contributed by atoms with E-state index >= 15 is 0 Å². The fourth-order valence-electron chi connectivity index (χ4n) is 7.34. The van der Waals surface area contributed by atoms with Crippen LogP contribution in [0.3, 0.4) is 0 Å². The monoisotopic (exact) mass is 607 g/mol. The summed E-state index contributed by atoms with van der Waals surface area (Å²) in [4.78, 5) is 0. The third-order valence-corrected chi connectivity index (χ3v) is 9.68. The van der Waals surface area contributed by atoms with Gasteiger partial charge in [-0.3, -0.25) is 0 Å². The molecule has 0 radical (unpaired) electrons. The first-order chi connectivity index (χ1) is 23.7. The van der Waals surface area contributed by atoms with E-state index in [1.54, 1.807) is 0 Å². The standard InChI is InChI=1S/C47H29N/c48-30-31-17-19-33(20-18-31)36-22-24-41-44-26-25-39(42-15-8-16-43(47(42)44)46(41)29-36)37-13-7-14-38(27-37)40-23-21-35(32-9-3-1-4-10-32)28-45(40)34-11-5-2-6-12-34/h1-29H. The Morgan fingerprint density at radius 2 is 0.812 bits per heavy atom. The highest BCUT2D eigenvalue weighted by Crippen LogP contribution is 2.50. The Morgan fingerprint density at radius 3 is 1.54 bits per heavy atom. The number of hydrogen-bond donors (Lipinski definition) is 0. The number of rotatable bonds is 5. The lowest BCUT2D eigenvalue weighted by molar-refractivity contribution is 1.48. The molecule has 1 aliphatic rings. The molecule has 0 saturated heterocycles.